The van der Waals surface area contributed by atoms with E-state index in [1.165, 1.54) is 36.4 Å². The van der Waals surface area contributed by atoms with Gasteiger partial charge in [0.15, 0.2) is 0 Å². The Morgan fingerprint density at radius 1 is 0.958 bits per heavy atom. The summed E-state index contributed by atoms with van der Waals surface area (Å²) < 4.78 is 13.2. The lowest BCUT2D eigenvalue weighted by Crippen LogP contribution is -2.20. The average Bonchev–Trinajstić information content (AvgIpc) is 2.51. The van der Waals surface area contributed by atoms with Crippen LogP contribution < -0.4 is 10.6 Å². The van der Waals surface area contributed by atoms with Crippen LogP contribution in [0.1, 0.15) is 0 Å². The van der Waals surface area contributed by atoms with E-state index in [1.54, 1.807) is 12.1 Å². The highest BCUT2D eigenvalue weighted by Gasteiger charge is 2.14. The van der Waals surface area contributed by atoms with Gasteiger partial charge in [0.25, 0.3) is 0 Å². The van der Waals surface area contributed by atoms with Crippen molar-refractivity contribution in [1.29, 1.82) is 0 Å². The summed E-state index contributed by atoms with van der Waals surface area (Å²) in [5.74, 6) is -0.456. The summed E-state index contributed by atoms with van der Waals surface area (Å²) in [6.07, 6.45) is 0. The maximum atomic E-state index is 13.2. The van der Waals surface area contributed by atoms with E-state index in [4.69, 9.17) is 23.2 Å². The second-order valence-electron chi connectivity index (χ2n) is 5.03. The first-order valence-corrected chi connectivity index (χ1v) is 7.64. The maximum Gasteiger partial charge on any atom is 0.323 e. The fraction of sp³-hybridized carbons (Fsp3) is 0. The molecule has 3 aromatic carbocycles. The topological polar surface area (TPSA) is 61.4 Å². The zero-order valence-corrected chi connectivity index (χ0v) is 13.6. The van der Waals surface area contributed by atoms with Crippen molar-refractivity contribution in [2.24, 2.45) is 0 Å². The van der Waals surface area contributed by atoms with Crippen LogP contribution in [0.2, 0.25) is 10.0 Å². The van der Waals surface area contributed by atoms with Crippen LogP contribution >= 0.6 is 23.2 Å². The maximum absolute atomic E-state index is 13.2. The summed E-state index contributed by atoms with van der Waals surface area (Å²) in [6, 6.07) is 10.9. The van der Waals surface area contributed by atoms with Crippen LogP contribution in [0.15, 0.2) is 48.5 Å². The van der Waals surface area contributed by atoms with E-state index in [0.29, 0.717) is 27.2 Å². The van der Waals surface area contributed by atoms with Crippen molar-refractivity contribution in [2.75, 3.05) is 10.6 Å². The molecule has 0 unspecified atom stereocenters. The number of phenols is 1. The van der Waals surface area contributed by atoms with Crippen molar-refractivity contribution < 1.29 is 14.3 Å². The summed E-state index contributed by atoms with van der Waals surface area (Å²) in [7, 11) is 0. The molecule has 0 heterocycles. The number of anilines is 2. The highest BCUT2D eigenvalue weighted by Crippen LogP contribution is 2.38. The summed E-state index contributed by atoms with van der Waals surface area (Å²) in [5, 5.41) is 16.5. The molecule has 0 saturated heterocycles. The number of benzene rings is 3. The third-order valence-corrected chi connectivity index (χ3v) is 3.95. The predicted octanol–water partition coefficient (Wildman–Crippen LogP) is 5.64. The number of halogens is 3. The van der Waals surface area contributed by atoms with Gasteiger partial charge in [-0.2, -0.15) is 0 Å². The fourth-order valence-electron chi connectivity index (χ4n) is 2.31. The number of rotatable bonds is 2. The number of amides is 2. The Kier molecular flexibility index (Phi) is 4.46. The van der Waals surface area contributed by atoms with E-state index < -0.39 is 11.8 Å². The quantitative estimate of drug-likeness (QED) is 0.551. The Morgan fingerprint density at radius 2 is 1.75 bits per heavy atom. The van der Waals surface area contributed by atoms with E-state index in [1.807, 2.05) is 0 Å². The van der Waals surface area contributed by atoms with Crippen LogP contribution in [0.4, 0.5) is 20.6 Å². The normalized spacial score (nSPS) is 10.6. The molecule has 2 amide bonds. The van der Waals surface area contributed by atoms with E-state index in [0.717, 1.165) is 0 Å². The number of nitrogens with one attached hydrogen (secondary N) is 2. The molecular formula is C17H11Cl2FN2O2. The third-order valence-electron chi connectivity index (χ3n) is 3.34. The molecule has 0 bridgehead atoms. The molecule has 0 aliphatic rings. The van der Waals surface area contributed by atoms with Crippen molar-refractivity contribution in [3.8, 4) is 5.75 Å². The summed E-state index contributed by atoms with van der Waals surface area (Å²) >= 11 is 12.3. The van der Waals surface area contributed by atoms with E-state index in [-0.39, 0.29) is 10.8 Å². The van der Waals surface area contributed by atoms with Gasteiger partial charge in [-0.3, -0.25) is 0 Å². The standard InChI is InChI=1S/C17H11Cl2FN2O2/c18-14-8-15(19)16(13-7-11(23)4-5-12(13)14)22-17(24)21-10-3-1-2-9(20)6-10/h1-8,23H,(H2,21,22,24). The van der Waals surface area contributed by atoms with Crippen molar-refractivity contribution in [3.05, 3.63) is 64.4 Å². The van der Waals surface area contributed by atoms with Crippen LogP contribution in [0.5, 0.6) is 5.75 Å². The van der Waals surface area contributed by atoms with E-state index >= 15 is 0 Å². The van der Waals surface area contributed by atoms with Crippen molar-refractivity contribution in [2.45, 2.75) is 0 Å². The first-order chi connectivity index (χ1) is 11.4. The van der Waals surface area contributed by atoms with Gasteiger partial charge in [0, 0.05) is 16.5 Å². The molecule has 0 spiro atoms. The van der Waals surface area contributed by atoms with E-state index in [9.17, 15) is 14.3 Å². The van der Waals surface area contributed by atoms with Gasteiger partial charge in [-0.25, -0.2) is 9.18 Å². The average molecular weight is 365 g/mol. The second kappa shape index (κ2) is 6.55. The monoisotopic (exact) mass is 364 g/mol. The molecule has 0 atom stereocenters. The first-order valence-electron chi connectivity index (χ1n) is 6.88. The molecule has 0 radical (unpaired) electrons. The number of carbonyl (C=O) groups excluding carboxylic acids is 1. The lowest BCUT2D eigenvalue weighted by Gasteiger charge is -2.13. The van der Waals surface area contributed by atoms with Gasteiger partial charge in [-0.1, -0.05) is 29.3 Å². The highest BCUT2D eigenvalue weighted by molar-refractivity contribution is 6.41. The lowest BCUT2D eigenvalue weighted by molar-refractivity contribution is 0.262. The molecule has 0 aromatic heterocycles. The van der Waals surface area contributed by atoms with Crippen LogP contribution in [-0.4, -0.2) is 11.1 Å². The molecule has 0 aliphatic heterocycles. The minimum absolute atomic E-state index is 0.00872. The fourth-order valence-corrected chi connectivity index (χ4v) is 2.89. The van der Waals surface area contributed by atoms with E-state index in [2.05, 4.69) is 10.6 Å². The zero-order valence-electron chi connectivity index (χ0n) is 12.1. The molecular weight excluding hydrogens is 354 g/mol. The Bertz CT molecular complexity index is 947. The smallest absolute Gasteiger partial charge is 0.323 e. The van der Waals surface area contributed by atoms with Gasteiger partial charge in [-0.15, -0.1) is 0 Å². The Balaban J connectivity index is 1.94. The Labute approximate surface area is 146 Å². The lowest BCUT2D eigenvalue weighted by atomic mass is 10.1. The van der Waals surface area contributed by atoms with Crippen molar-refractivity contribution >= 4 is 51.4 Å². The largest absolute Gasteiger partial charge is 0.508 e. The van der Waals surface area contributed by atoms with Crippen LogP contribution in [0.25, 0.3) is 10.8 Å². The van der Waals surface area contributed by atoms with Crippen LogP contribution in [0.3, 0.4) is 0 Å². The predicted molar refractivity (Wildman–Crippen MR) is 94.7 cm³/mol. The number of fused-ring (bicyclic) bond motifs is 1. The SMILES string of the molecule is O=C(Nc1cccc(F)c1)Nc1c(Cl)cc(Cl)c2ccc(O)cc12. The molecule has 3 rings (SSSR count). The van der Waals surface area contributed by atoms with Gasteiger partial charge in [-0.05, 0) is 42.5 Å². The minimum atomic E-state index is -0.602. The minimum Gasteiger partial charge on any atom is -0.508 e. The highest BCUT2D eigenvalue weighted by atomic mass is 35.5. The number of urea groups is 1. The van der Waals surface area contributed by atoms with Crippen molar-refractivity contribution in [3.63, 3.8) is 0 Å². The number of aromatic hydroxyl groups is 1. The second-order valence-corrected chi connectivity index (χ2v) is 5.85. The van der Waals surface area contributed by atoms with Gasteiger partial charge < -0.3 is 15.7 Å². The van der Waals surface area contributed by atoms with Gasteiger partial charge >= 0.3 is 6.03 Å². The first kappa shape index (κ1) is 16.4. The number of hydrogen-bond acceptors (Lipinski definition) is 2. The van der Waals surface area contributed by atoms with Gasteiger partial charge in [0.05, 0.1) is 15.7 Å². The molecule has 122 valence electrons. The molecule has 0 aliphatic carbocycles. The summed E-state index contributed by atoms with van der Waals surface area (Å²) in [5.41, 5.74) is 0.589. The van der Waals surface area contributed by atoms with Crippen LogP contribution in [-0.2, 0) is 0 Å². The molecule has 4 nitrogen and oxygen atoms in total. The van der Waals surface area contributed by atoms with Gasteiger partial charge in [0.1, 0.15) is 11.6 Å². The zero-order chi connectivity index (χ0) is 17.3. The van der Waals surface area contributed by atoms with Gasteiger partial charge in [0.2, 0.25) is 0 Å². The molecule has 3 N–H and O–H groups in total. The Hall–Kier alpha value is -2.50. The number of carbonyl (C=O) groups is 1. The Morgan fingerprint density at radius 3 is 2.50 bits per heavy atom. The van der Waals surface area contributed by atoms with Crippen LogP contribution in [0, 0.1) is 5.82 Å². The van der Waals surface area contributed by atoms with Crippen molar-refractivity contribution in [1.82, 2.24) is 0 Å². The molecule has 7 heteroatoms. The summed E-state index contributed by atoms with van der Waals surface area (Å²) in [4.78, 5) is 12.2. The molecule has 0 fully saturated rings. The number of phenolic OH excluding ortho intramolecular Hbond substituents is 1. The summed E-state index contributed by atoms with van der Waals surface area (Å²) in [6.45, 7) is 0. The number of hydrogen-bond donors (Lipinski definition) is 3. The molecule has 24 heavy (non-hydrogen) atoms. The third kappa shape index (κ3) is 3.37. The molecule has 0 saturated carbocycles. The molecule has 3 aromatic rings.